The number of rotatable bonds is 4. The molecule has 17 heavy (non-hydrogen) atoms. The maximum absolute atomic E-state index is 3.23. The summed E-state index contributed by atoms with van der Waals surface area (Å²) in [4.78, 5) is 0. The van der Waals surface area contributed by atoms with Gasteiger partial charge in [0.25, 0.3) is 0 Å². The van der Waals surface area contributed by atoms with Crippen LogP contribution < -0.4 is 5.32 Å². The number of hydrogen-bond acceptors (Lipinski definition) is 1. The highest BCUT2D eigenvalue weighted by Gasteiger charge is 2.11. The van der Waals surface area contributed by atoms with E-state index in [9.17, 15) is 0 Å². The molecule has 0 saturated heterocycles. The molecule has 2 heteroatoms. The van der Waals surface area contributed by atoms with E-state index in [4.69, 9.17) is 0 Å². The van der Waals surface area contributed by atoms with E-state index in [1.54, 1.807) is 0 Å². The lowest BCUT2D eigenvalue weighted by Crippen LogP contribution is -2.12. The van der Waals surface area contributed by atoms with Crippen LogP contribution in [0, 0.1) is 6.92 Å². The molecule has 1 aromatic carbocycles. The number of para-hydroxylation sites is 1. The lowest BCUT2D eigenvalue weighted by molar-refractivity contribution is 0.605. The first-order valence-corrected chi connectivity index (χ1v) is 6.39. The smallest absolute Gasteiger partial charge is 0.0517 e. The summed E-state index contributed by atoms with van der Waals surface area (Å²) >= 11 is 0. The van der Waals surface area contributed by atoms with Gasteiger partial charge in [-0.15, -0.1) is 0 Å². The number of aromatic nitrogens is 1. The molecule has 0 spiro atoms. The lowest BCUT2D eigenvalue weighted by atomic mass is 10.1. The first-order valence-electron chi connectivity index (χ1n) is 6.39. The molecule has 0 unspecified atom stereocenters. The summed E-state index contributed by atoms with van der Waals surface area (Å²) < 4.78 is 2.44. The molecular weight excluding hydrogens is 208 g/mol. The maximum Gasteiger partial charge on any atom is 0.0517 e. The Morgan fingerprint density at radius 1 is 1.29 bits per heavy atom. The molecule has 92 valence electrons. The third-order valence-electron chi connectivity index (χ3n) is 3.30. The Morgan fingerprint density at radius 2 is 2.06 bits per heavy atom. The molecule has 1 heterocycles. The average Bonchev–Trinajstić information content (AvgIpc) is 2.62. The topological polar surface area (TPSA) is 17.0 Å². The molecule has 0 amide bonds. The molecule has 2 nitrogen and oxygen atoms in total. The predicted octanol–water partition coefficient (Wildman–Crippen LogP) is 3.29. The second-order valence-electron chi connectivity index (χ2n) is 4.96. The number of benzene rings is 1. The highest BCUT2D eigenvalue weighted by Crippen LogP contribution is 2.26. The van der Waals surface area contributed by atoms with Crippen LogP contribution in [0.15, 0.2) is 24.3 Å². The molecular formula is C15H22N2. The minimum atomic E-state index is 0.517. The van der Waals surface area contributed by atoms with Gasteiger partial charge in [-0.25, -0.2) is 0 Å². The van der Waals surface area contributed by atoms with E-state index in [2.05, 4.69) is 54.9 Å². The van der Waals surface area contributed by atoms with Gasteiger partial charge >= 0.3 is 0 Å². The highest BCUT2D eigenvalue weighted by atomic mass is 15.0. The molecule has 2 rings (SSSR count). The summed E-state index contributed by atoms with van der Waals surface area (Å²) in [6.07, 6.45) is 1.09. The van der Waals surface area contributed by atoms with Crippen molar-refractivity contribution in [2.45, 2.75) is 33.2 Å². The van der Waals surface area contributed by atoms with Crippen molar-refractivity contribution >= 4 is 10.9 Å². The van der Waals surface area contributed by atoms with Crippen LogP contribution >= 0.6 is 0 Å². The highest BCUT2D eigenvalue weighted by molar-refractivity contribution is 5.84. The summed E-state index contributed by atoms with van der Waals surface area (Å²) in [6, 6.07) is 9.43. The molecule has 0 aliphatic rings. The summed E-state index contributed by atoms with van der Waals surface area (Å²) in [7, 11) is 2.01. The monoisotopic (exact) mass is 230 g/mol. The SMILES string of the molecule is CNCCc1cccc2cc(C)n(C(C)C)c12. The Kier molecular flexibility index (Phi) is 3.53. The summed E-state index contributed by atoms with van der Waals surface area (Å²) in [5.74, 6) is 0. The molecule has 0 atom stereocenters. The van der Waals surface area contributed by atoms with Crippen LogP contribution in [0.5, 0.6) is 0 Å². The number of nitrogens with zero attached hydrogens (tertiary/aromatic N) is 1. The van der Waals surface area contributed by atoms with E-state index in [-0.39, 0.29) is 0 Å². The second-order valence-corrected chi connectivity index (χ2v) is 4.96. The van der Waals surface area contributed by atoms with Crippen LogP contribution in [0.1, 0.15) is 31.1 Å². The number of hydrogen-bond donors (Lipinski definition) is 1. The van der Waals surface area contributed by atoms with Crippen molar-refractivity contribution in [3.05, 3.63) is 35.5 Å². The zero-order valence-electron chi connectivity index (χ0n) is 11.2. The van der Waals surface area contributed by atoms with Crippen LogP contribution in [-0.2, 0) is 6.42 Å². The Morgan fingerprint density at radius 3 is 2.71 bits per heavy atom. The molecule has 0 fully saturated rings. The van der Waals surface area contributed by atoms with Gasteiger partial charge in [0.1, 0.15) is 0 Å². The standard InChI is InChI=1S/C15H22N2/c1-11(2)17-12(3)10-14-7-5-6-13(15(14)17)8-9-16-4/h5-7,10-11,16H,8-9H2,1-4H3. The quantitative estimate of drug-likeness (QED) is 0.853. The summed E-state index contributed by atoms with van der Waals surface area (Å²) in [6.45, 7) is 7.73. The molecule has 1 N–H and O–H groups in total. The second kappa shape index (κ2) is 4.92. The minimum Gasteiger partial charge on any atom is -0.342 e. The molecule has 0 aliphatic carbocycles. The lowest BCUT2D eigenvalue weighted by Gasteiger charge is -2.15. The van der Waals surface area contributed by atoms with E-state index >= 15 is 0 Å². The Balaban J connectivity index is 2.59. The molecule has 0 radical (unpaired) electrons. The number of likely N-dealkylation sites (N-methyl/N-ethyl adjacent to an activating group) is 1. The van der Waals surface area contributed by atoms with Crippen molar-refractivity contribution in [3.63, 3.8) is 0 Å². The van der Waals surface area contributed by atoms with Gasteiger partial charge < -0.3 is 9.88 Å². The van der Waals surface area contributed by atoms with Gasteiger partial charge in [-0.2, -0.15) is 0 Å². The van der Waals surface area contributed by atoms with Gasteiger partial charge in [-0.1, -0.05) is 18.2 Å². The van der Waals surface area contributed by atoms with Gasteiger partial charge in [0.15, 0.2) is 0 Å². The molecule has 0 saturated carbocycles. The average molecular weight is 230 g/mol. The summed E-state index contributed by atoms with van der Waals surface area (Å²) in [5.41, 5.74) is 4.21. The van der Waals surface area contributed by atoms with E-state index in [0.717, 1.165) is 13.0 Å². The van der Waals surface area contributed by atoms with E-state index < -0.39 is 0 Å². The minimum absolute atomic E-state index is 0.517. The first-order chi connectivity index (χ1) is 8.15. The van der Waals surface area contributed by atoms with Gasteiger partial charge in [-0.05, 0) is 52.4 Å². The normalized spacial score (nSPS) is 11.6. The Hall–Kier alpha value is -1.28. The third-order valence-corrected chi connectivity index (χ3v) is 3.30. The van der Waals surface area contributed by atoms with Crippen molar-refractivity contribution in [3.8, 4) is 0 Å². The van der Waals surface area contributed by atoms with Crippen molar-refractivity contribution in [1.29, 1.82) is 0 Å². The van der Waals surface area contributed by atoms with Gasteiger partial charge in [-0.3, -0.25) is 0 Å². The fourth-order valence-electron chi connectivity index (χ4n) is 2.62. The number of nitrogens with one attached hydrogen (secondary N) is 1. The van der Waals surface area contributed by atoms with Crippen LogP contribution in [-0.4, -0.2) is 18.2 Å². The molecule has 0 bridgehead atoms. The van der Waals surface area contributed by atoms with Gasteiger partial charge in [0.05, 0.1) is 5.52 Å². The maximum atomic E-state index is 3.23. The third kappa shape index (κ3) is 2.22. The van der Waals surface area contributed by atoms with Gasteiger partial charge in [0, 0.05) is 17.1 Å². The largest absolute Gasteiger partial charge is 0.342 e. The van der Waals surface area contributed by atoms with Crippen LogP contribution in [0.2, 0.25) is 0 Å². The van der Waals surface area contributed by atoms with Crippen LogP contribution in [0.3, 0.4) is 0 Å². The first kappa shape index (κ1) is 12.2. The van der Waals surface area contributed by atoms with E-state index in [0.29, 0.717) is 6.04 Å². The zero-order valence-corrected chi connectivity index (χ0v) is 11.2. The van der Waals surface area contributed by atoms with Gasteiger partial charge in [0.2, 0.25) is 0 Å². The van der Waals surface area contributed by atoms with Crippen molar-refractivity contribution in [1.82, 2.24) is 9.88 Å². The zero-order chi connectivity index (χ0) is 12.4. The van der Waals surface area contributed by atoms with Crippen molar-refractivity contribution in [2.24, 2.45) is 0 Å². The predicted molar refractivity (Wildman–Crippen MR) is 74.7 cm³/mol. The fraction of sp³-hybridized carbons (Fsp3) is 0.467. The van der Waals surface area contributed by atoms with Crippen molar-refractivity contribution < 1.29 is 0 Å². The van der Waals surface area contributed by atoms with Crippen LogP contribution in [0.25, 0.3) is 10.9 Å². The number of fused-ring (bicyclic) bond motifs is 1. The Bertz CT molecular complexity index is 509. The Labute approximate surface area is 104 Å². The molecule has 2 aromatic rings. The molecule has 0 aliphatic heterocycles. The molecule has 1 aromatic heterocycles. The van der Waals surface area contributed by atoms with E-state index in [1.807, 2.05) is 7.05 Å². The fourth-order valence-corrected chi connectivity index (χ4v) is 2.62. The number of aryl methyl sites for hydroxylation is 1. The van der Waals surface area contributed by atoms with Crippen molar-refractivity contribution in [2.75, 3.05) is 13.6 Å². The van der Waals surface area contributed by atoms with E-state index in [1.165, 1.54) is 22.2 Å². The summed E-state index contributed by atoms with van der Waals surface area (Å²) in [5, 5.41) is 4.59. The van der Waals surface area contributed by atoms with Crippen LogP contribution in [0.4, 0.5) is 0 Å².